The summed E-state index contributed by atoms with van der Waals surface area (Å²) in [5.74, 6) is 1.22. The Balaban J connectivity index is 0.000000204. The van der Waals surface area contributed by atoms with Gasteiger partial charge in [-0.3, -0.25) is 9.97 Å². The molecule has 4 aromatic heterocycles. The Morgan fingerprint density at radius 1 is 0.473 bits per heavy atom. The molecule has 0 spiro atoms. The van der Waals surface area contributed by atoms with E-state index in [0.717, 1.165) is 35.4 Å². The van der Waals surface area contributed by atoms with E-state index in [0.29, 0.717) is 103 Å². The minimum absolute atomic E-state index is 0.146. The van der Waals surface area contributed by atoms with Gasteiger partial charge in [-0.25, -0.2) is 19.9 Å². The number of nitrogens with zero attached hydrogens (tertiary/aromatic N) is 6. The van der Waals surface area contributed by atoms with Gasteiger partial charge >= 0.3 is 18.5 Å². The van der Waals surface area contributed by atoms with Crippen LogP contribution in [-0.4, -0.2) is 43.1 Å². The summed E-state index contributed by atoms with van der Waals surface area (Å²) in [4.78, 5) is 25.9. The topological polar surface area (TPSA) is 108 Å². The third-order valence-corrected chi connectivity index (χ3v) is 11.6. The van der Waals surface area contributed by atoms with Crippen molar-refractivity contribution in [2.24, 2.45) is 0 Å². The van der Waals surface area contributed by atoms with Gasteiger partial charge in [0, 0.05) is 66.0 Å². The maximum Gasteiger partial charge on any atom is 0.418 e. The van der Waals surface area contributed by atoms with Gasteiger partial charge in [0.05, 0.1) is 52.3 Å². The minimum Gasteiger partial charge on any atom is -0.377 e. The van der Waals surface area contributed by atoms with Gasteiger partial charge in [0.15, 0.2) is 0 Å². The second-order valence-electron chi connectivity index (χ2n) is 16.7. The van der Waals surface area contributed by atoms with E-state index in [1.165, 1.54) is 48.8 Å². The van der Waals surface area contributed by atoms with Gasteiger partial charge in [0.25, 0.3) is 0 Å². The Hall–Kier alpha value is -7.54. The fourth-order valence-electron chi connectivity index (χ4n) is 7.73. The molecule has 74 heavy (non-hydrogen) atoms. The number of benzene rings is 5. The molecule has 0 unspecified atom stereocenters. The summed E-state index contributed by atoms with van der Waals surface area (Å²) in [5, 5.41) is 4.35. The highest BCUT2D eigenvalue weighted by atomic mass is 35.5. The van der Waals surface area contributed by atoms with Crippen LogP contribution in [0.15, 0.2) is 158 Å². The highest BCUT2D eigenvalue weighted by Gasteiger charge is 2.35. The molecule has 380 valence electrons. The number of nitrogens with one attached hydrogen (secondary N) is 1. The Labute approximate surface area is 423 Å². The van der Waals surface area contributed by atoms with Crippen LogP contribution in [0.3, 0.4) is 0 Å². The maximum atomic E-state index is 13.7. The van der Waals surface area contributed by atoms with E-state index in [-0.39, 0.29) is 22.1 Å². The van der Waals surface area contributed by atoms with E-state index in [2.05, 4.69) is 35.2 Å². The van der Waals surface area contributed by atoms with Crippen molar-refractivity contribution >= 4 is 44.9 Å². The van der Waals surface area contributed by atoms with Gasteiger partial charge in [0.1, 0.15) is 22.6 Å². The lowest BCUT2D eigenvalue weighted by molar-refractivity contribution is -0.138. The Morgan fingerprint density at radius 3 is 1.43 bits per heavy atom. The lowest BCUT2D eigenvalue weighted by Crippen LogP contribution is -2.08. The van der Waals surface area contributed by atoms with Crippen LogP contribution in [0.2, 0.25) is 5.15 Å². The number of rotatable bonds is 16. The number of fused-ring (bicyclic) bond motifs is 2. The molecule has 0 aliphatic heterocycles. The second kappa shape index (κ2) is 23.6. The summed E-state index contributed by atoms with van der Waals surface area (Å²) in [6, 6.07) is 37.8. The molecule has 9 rings (SSSR count). The van der Waals surface area contributed by atoms with Crippen LogP contribution in [0.4, 0.5) is 51.0 Å². The predicted molar refractivity (Wildman–Crippen MR) is 264 cm³/mol. The molecule has 19 heteroatoms. The first-order chi connectivity index (χ1) is 35.5. The van der Waals surface area contributed by atoms with Gasteiger partial charge in [-0.05, 0) is 96.8 Å². The molecule has 5 aromatic carbocycles. The van der Waals surface area contributed by atoms with E-state index >= 15 is 0 Å². The zero-order chi connectivity index (χ0) is 52.3. The molecule has 0 atom stereocenters. The van der Waals surface area contributed by atoms with Crippen LogP contribution in [0.5, 0.6) is 0 Å². The summed E-state index contributed by atoms with van der Waals surface area (Å²) in [6.07, 6.45) is -8.79. The molecular formula is C55H43ClF9N7O2. The number of halogens is 10. The molecule has 0 aliphatic rings. The highest BCUT2D eigenvalue weighted by molar-refractivity contribution is 6.34. The van der Waals surface area contributed by atoms with Gasteiger partial charge in [-0.1, -0.05) is 84.4 Å². The first kappa shape index (κ1) is 52.8. The number of ether oxygens (including phenoxy) is 2. The monoisotopic (exact) mass is 1040 g/mol. The molecule has 0 amide bonds. The standard InChI is InChI=1S/C31H24F6N4O.C24H19ClF3N3O/c32-30(33,34)22-11-13-23(14-12-22)39-29-24-15-10-21(28-25(31(35,36)37)8-4-16-38-28)18-26(24)40-27(41-29)9-5-17-42-19-20-6-2-1-3-7-20;25-23-18-11-10-17(22-19(24(26,27)28)8-4-12-29-22)14-20(18)30-21(31-23)9-5-13-32-15-16-6-2-1-3-7-16/h1-4,6-8,10-16,18H,5,9,17,19H2,(H,39,40,41);1-4,6-8,10-12,14H,5,9,13,15H2. The SMILES string of the molecule is FC(F)(F)c1ccc(Nc2nc(CCCOCc3ccccc3)nc3cc(-c4ncccc4C(F)(F)F)ccc23)cc1.FC(F)(F)c1cccnc1-c1ccc2c(Cl)nc(CCCOCc3ccccc3)nc2c1. The van der Waals surface area contributed by atoms with Gasteiger partial charge in [-0.15, -0.1) is 0 Å². The van der Waals surface area contributed by atoms with Gasteiger partial charge < -0.3 is 14.8 Å². The molecular weight excluding hydrogens is 997 g/mol. The second-order valence-corrected chi connectivity index (χ2v) is 17.0. The molecule has 1 N–H and O–H groups in total. The number of hydrogen-bond acceptors (Lipinski definition) is 9. The van der Waals surface area contributed by atoms with Crippen molar-refractivity contribution in [3.8, 4) is 22.5 Å². The molecule has 4 heterocycles. The van der Waals surface area contributed by atoms with Crippen LogP contribution in [0, 0.1) is 0 Å². The Bertz CT molecular complexity index is 3310. The van der Waals surface area contributed by atoms with Crippen molar-refractivity contribution < 1.29 is 49.0 Å². The zero-order valence-electron chi connectivity index (χ0n) is 38.9. The van der Waals surface area contributed by atoms with Crippen molar-refractivity contribution in [3.63, 3.8) is 0 Å². The first-order valence-electron chi connectivity index (χ1n) is 23.0. The summed E-state index contributed by atoms with van der Waals surface area (Å²) in [6.45, 7) is 1.90. The van der Waals surface area contributed by atoms with Gasteiger partial charge in [0.2, 0.25) is 0 Å². The zero-order valence-corrected chi connectivity index (χ0v) is 39.7. The largest absolute Gasteiger partial charge is 0.418 e. The average Bonchev–Trinajstić information content (AvgIpc) is 3.38. The van der Waals surface area contributed by atoms with Crippen LogP contribution in [0.1, 0.15) is 52.3 Å². The van der Waals surface area contributed by atoms with Crippen LogP contribution in [0.25, 0.3) is 44.3 Å². The molecule has 0 radical (unpaired) electrons. The van der Waals surface area contributed by atoms with E-state index in [4.69, 9.17) is 21.1 Å². The number of aryl methyl sites for hydroxylation is 2. The molecule has 9 aromatic rings. The summed E-state index contributed by atoms with van der Waals surface area (Å²) < 4.78 is 132. The highest BCUT2D eigenvalue weighted by Crippen LogP contribution is 2.39. The van der Waals surface area contributed by atoms with Crippen molar-refractivity contribution in [3.05, 3.63) is 203 Å². The molecule has 0 saturated carbocycles. The smallest absolute Gasteiger partial charge is 0.377 e. The van der Waals surface area contributed by atoms with Crippen molar-refractivity contribution in [2.45, 2.75) is 57.4 Å². The third-order valence-electron chi connectivity index (χ3n) is 11.3. The minimum atomic E-state index is -4.61. The average molecular weight is 1040 g/mol. The molecule has 0 saturated heterocycles. The fraction of sp³-hybridized carbons (Fsp3) is 0.200. The first-order valence-corrected chi connectivity index (χ1v) is 23.4. The predicted octanol–water partition coefficient (Wildman–Crippen LogP) is 15.1. The maximum absolute atomic E-state index is 13.7. The Morgan fingerprint density at radius 2 is 0.946 bits per heavy atom. The molecule has 9 nitrogen and oxygen atoms in total. The Kier molecular flexibility index (Phi) is 16.8. The van der Waals surface area contributed by atoms with E-state index in [1.54, 1.807) is 24.3 Å². The number of hydrogen-bond donors (Lipinski definition) is 1. The van der Waals surface area contributed by atoms with Crippen molar-refractivity contribution in [2.75, 3.05) is 18.5 Å². The molecule has 0 fully saturated rings. The van der Waals surface area contributed by atoms with E-state index in [1.807, 2.05) is 60.7 Å². The van der Waals surface area contributed by atoms with Crippen molar-refractivity contribution in [1.82, 2.24) is 29.9 Å². The number of pyridine rings is 2. The van der Waals surface area contributed by atoms with Crippen molar-refractivity contribution in [1.29, 1.82) is 0 Å². The molecule has 0 aliphatic carbocycles. The molecule has 0 bridgehead atoms. The lowest BCUT2D eigenvalue weighted by Gasteiger charge is -2.14. The van der Waals surface area contributed by atoms with Gasteiger partial charge in [-0.2, -0.15) is 39.5 Å². The number of aromatic nitrogens is 6. The summed E-state index contributed by atoms with van der Waals surface area (Å²) in [5.41, 5.74) is 0.992. The lowest BCUT2D eigenvalue weighted by atomic mass is 10.0. The van der Waals surface area contributed by atoms with Crippen LogP contribution in [-0.2, 0) is 54.1 Å². The quantitative estimate of drug-likeness (QED) is 0.0575. The summed E-state index contributed by atoms with van der Waals surface area (Å²) >= 11 is 6.31. The number of alkyl halides is 9. The third kappa shape index (κ3) is 13.9. The van der Waals surface area contributed by atoms with Crippen LogP contribution < -0.4 is 5.32 Å². The van der Waals surface area contributed by atoms with E-state index < -0.39 is 35.2 Å². The fourth-order valence-corrected chi connectivity index (χ4v) is 7.99. The van der Waals surface area contributed by atoms with E-state index in [9.17, 15) is 39.5 Å². The van der Waals surface area contributed by atoms with Crippen LogP contribution >= 0.6 is 11.6 Å². The normalized spacial score (nSPS) is 11.9. The summed E-state index contributed by atoms with van der Waals surface area (Å²) in [7, 11) is 0. The number of anilines is 2.